The zero-order valence-electron chi connectivity index (χ0n) is 20.0. The molecule has 10 heteroatoms. The van der Waals surface area contributed by atoms with Gasteiger partial charge >= 0.3 is 5.97 Å². The van der Waals surface area contributed by atoms with Crippen LogP contribution in [-0.2, 0) is 16.1 Å². The molecule has 0 bridgehead atoms. The lowest BCUT2D eigenvalue weighted by atomic mass is 10.1. The van der Waals surface area contributed by atoms with E-state index in [0.717, 1.165) is 23.2 Å². The molecule has 1 aliphatic heterocycles. The summed E-state index contributed by atoms with van der Waals surface area (Å²) in [5.41, 5.74) is 2.50. The first-order chi connectivity index (χ1) is 17.9. The highest BCUT2D eigenvalue weighted by Crippen LogP contribution is 2.28. The topological polar surface area (TPSA) is 109 Å². The molecule has 0 saturated carbocycles. The molecule has 3 heterocycles. The Hall–Kier alpha value is -4.11. The highest BCUT2D eigenvalue weighted by Gasteiger charge is 2.32. The molecular weight excluding hydrogens is 494 g/mol. The molecule has 0 unspecified atom stereocenters. The van der Waals surface area contributed by atoms with Crippen molar-refractivity contribution in [2.45, 2.75) is 31.8 Å². The molecule has 37 heavy (non-hydrogen) atoms. The average Bonchev–Trinajstić information content (AvgIpc) is 3.51. The fraction of sp³-hybridized carbons (Fsp3) is 0.259. The summed E-state index contributed by atoms with van der Waals surface area (Å²) in [5, 5.41) is 12.2. The molecule has 1 saturated heterocycles. The van der Waals surface area contributed by atoms with Crippen LogP contribution in [0.5, 0.6) is 0 Å². The molecule has 1 fully saturated rings. The molecule has 2 aromatic carbocycles. The van der Waals surface area contributed by atoms with E-state index in [-0.39, 0.29) is 24.4 Å². The minimum absolute atomic E-state index is 0.0536. The van der Waals surface area contributed by atoms with Crippen molar-refractivity contribution in [3.05, 3.63) is 87.8 Å². The van der Waals surface area contributed by atoms with E-state index in [9.17, 15) is 14.4 Å². The number of rotatable bonds is 8. The molecule has 1 aliphatic rings. The summed E-state index contributed by atoms with van der Waals surface area (Å²) < 4.78 is 3.51. The molecule has 9 nitrogen and oxygen atoms in total. The number of aromatic nitrogens is 3. The lowest BCUT2D eigenvalue weighted by molar-refractivity contribution is -0.136. The van der Waals surface area contributed by atoms with Crippen LogP contribution in [0.1, 0.15) is 24.8 Å². The van der Waals surface area contributed by atoms with Gasteiger partial charge in [-0.3, -0.25) is 18.8 Å². The van der Waals surface area contributed by atoms with Crippen LogP contribution in [0, 0.1) is 0 Å². The van der Waals surface area contributed by atoms with Crippen molar-refractivity contribution in [1.29, 1.82) is 0 Å². The Morgan fingerprint density at radius 2 is 1.86 bits per heavy atom. The van der Waals surface area contributed by atoms with Crippen molar-refractivity contribution in [3.8, 4) is 11.3 Å². The van der Waals surface area contributed by atoms with Gasteiger partial charge in [0.2, 0.25) is 11.7 Å². The first-order valence-electron chi connectivity index (χ1n) is 12.1. The fourth-order valence-electron chi connectivity index (χ4n) is 4.72. The van der Waals surface area contributed by atoms with Crippen molar-refractivity contribution in [3.63, 3.8) is 0 Å². The van der Waals surface area contributed by atoms with Gasteiger partial charge in [0.1, 0.15) is 11.9 Å². The number of carbonyl (C=O) groups is 2. The van der Waals surface area contributed by atoms with Gasteiger partial charge in [-0.05, 0) is 36.1 Å². The largest absolute Gasteiger partial charge is 0.481 e. The standard InChI is InChI=1S/C27H26ClN5O4/c28-20-10-8-19(9-11-20)22-17-33-24(34)15-23(30-27(33)32(22)16-18-5-2-1-3-6-18)31-14-4-7-21(31)26(37)29-13-12-25(35)36/h1-3,5-6,8-11,15,17,21H,4,7,12-14,16H2,(H,29,37)(H,35,36)/t21-/m0/s1. The number of amides is 1. The summed E-state index contributed by atoms with van der Waals surface area (Å²) in [6, 6.07) is 18.3. The minimum Gasteiger partial charge on any atom is -0.481 e. The Morgan fingerprint density at radius 1 is 1.11 bits per heavy atom. The van der Waals surface area contributed by atoms with Gasteiger partial charge in [0.05, 0.1) is 18.7 Å². The highest BCUT2D eigenvalue weighted by molar-refractivity contribution is 6.30. The van der Waals surface area contributed by atoms with Gasteiger partial charge in [-0.15, -0.1) is 0 Å². The van der Waals surface area contributed by atoms with Crippen LogP contribution in [0.2, 0.25) is 5.02 Å². The zero-order chi connectivity index (χ0) is 25.9. The number of nitrogens with one attached hydrogen (secondary N) is 1. The number of hydrogen-bond donors (Lipinski definition) is 2. The maximum atomic E-state index is 13.3. The number of aliphatic carboxylic acids is 1. The van der Waals surface area contributed by atoms with E-state index < -0.39 is 12.0 Å². The summed E-state index contributed by atoms with van der Waals surface area (Å²) in [6.07, 6.45) is 2.99. The normalized spacial score (nSPS) is 15.3. The lowest BCUT2D eigenvalue weighted by Crippen LogP contribution is -2.44. The predicted molar refractivity (Wildman–Crippen MR) is 141 cm³/mol. The van der Waals surface area contributed by atoms with E-state index in [1.165, 1.54) is 10.5 Å². The molecule has 2 aromatic heterocycles. The molecule has 1 amide bonds. The Labute approximate surface area is 217 Å². The Kier molecular flexibility index (Phi) is 6.96. The van der Waals surface area contributed by atoms with Crippen LogP contribution in [0.3, 0.4) is 0 Å². The molecule has 0 radical (unpaired) electrons. The van der Waals surface area contributed by atoms with E-state index in [1.54, 1.807) is 18.3 Å². The third-order valence-electron chi connectivity index (χ3n) is 6.51. The smallest absolute Gasteiger partial charge is 0.305 e. The second kappa shape index (κ2) is 10.5. The first kappa shape index (κ1) is 24.6. The Morgan fingerprint density at radius 3 is 2.59 bits per heavy atom. The van der Waals surface area contributed by atoms with Crippen molar-refractivity contribution in [2.75, 3.05) is 18.0 Å². The predicted octanol–water partition coefficient (Wildman–Crippen LogP) is 3.42. The second-order valence-electron chi connectivity index (χ2n) is 9.00. The Balaban J connectivity index is 1.56. The van der Waals surface area contributed by atoms with Crippen LogP contribution in [-0.4, -0.2) is 50.1 Å². The van der Waals surface area contributed by atoms with Crippen molar-refractivity contribution >= 4 is 35.1 Å². The number of hydrogen-bond acceptors (Lipinski definition) is 5. The maximum Gasteiger partial charge on any atom is 0.305 e. The third kappa shape index (κ3) is 5.22. The molecule has 0 aliphatic carbocycles. The monoisotopic (exact) mass is 519 g/mol. The number of anilines is 1. The number of imidazole rings is 1. The third-order valence-corrected chi connectivity index (χ3v) is 6.77. The molecule has 2 N–H and O–H groups in total. The van der Waals surface area contributed by atoms with Crippen LogP contribution in [0.15, 0.2) is 71.7 Å². The number of nitrogens with zero attached hydrogens (tertiary/aromatic N) is 4. The van der Waals surface area contributed by atoms with Gasteiger partial charge < -0.3 is 19.9 Å². The van der Waals surface area contributed by atoms with Crippen molar-refractivity contribution in [2.24, 2.45) is 0 Å². The fourth-order valence-corrected chi connectivity index (χ4v) is 4.85. The van der Waals surface area contributed by atoms with Crippen molar-refractivity contribution in [1.82, 2.24) is 19.3 Å². The SMILES string of the molecule is O=C(O)CCNC(=O)[C@@H]1CCCN1c1cc(=O)n2cc(-c3ccc(Cl)cc3)n(Cc3ccccc3)c2n1. The van der Waals surface area contributed by atoms with E-state index >= 15 is 0 Å². The van der Waals surface area contributed by atoms with Gasteiger partial charge in [-0.1, -0.05) is 54.1 Å². The minimum atomic E-state index is -0.973. The number of benzene rings is 2. The quantitative estimate of drug-likeness (QED) is 0.369. The van der Waals surface area contributed by atoms with Crippen LogP contribution >= 0.6 is 11.6 Å². The Bertz CT molecular complexity index is 1500. The number of halogens is 1. The van der Waals surface area contributed by atoms with Gasteiger partial charge in [0.25, 0.3) is 5.56 Å². The molecular formula is C27H26ClN5O4. The number of carboxylic acid groups (broad SMARTS) is 1. The highest BCUT2D eigenvalue weighted by atomic mass is 35.5. The molecule has 0 spiro atoms. The maximum absolute atomic E-state index is 13.3. The van der Waals surface area contributed by atoms with Gasteiger partial charge in [-0.2, -0.15) is 4.98 Å². The zero-order valence-corrected chi connectivity index (χ0v) is 20.8. The summed E-state index contributed by atoms with van der Waals surface area (Å²) in [4.78, 5) is 43.6. The molecule has 1 atom stereocenters. The summed E-state index contributed by atoms with van der Waals surface area (Å²) in [7, 11) is 0. The van der Waals surface area contributed by atoms with Crippen LogP contribution in [0.25, 0.3) is 17.0 Å². The number of fused-ring (bicyclic) bond motifs is 1. The second-order valence-corrected chi connectivity index (χ2v) is 9.44. The van der Waals surface area contributed by atoms with Crippen molar-refractivity contribution < 1.29 is 14.7 Å². The summed E-state index contributed by atoms with van der Waals surface area (Å²) in [5.74, 6) is -0.342. The van der Waals surface area contributed by atoms with Gasteiger partial charge in [0, 0.05) is 30.4 Å². The molecule has 190 valence electrons. The molecule has 4 aromatic rings. The van der Waals surface area contributed by atoms with E-state index in [2.05, 4.69) is 5.32 Å². The first-order valence-corrected chi connectivity index (χ1v) is 12.5. The average molecular weight is 520 g/mol. The molecule has 5 rings (SSSR count). The van der Waals surface area contributed by atoms with Gasteiger partial charge in [-0.25, -0.2) is 0 Å². The summed E-state index contributed by atoms with van der Waals surface area (Å²) >= 11 is 6.11. The van der Waals surface area contributed by atoms with Crippen LogP contribution in [0.4, 0.5) is 5.82 Å². The van der Waals surface area contributed by atoms with Gasteiger partial charge in [0.15, 0.2) is 0 Å². The lowest BCUT2D eigenvalue weighted by Gasteiger charge is -2.24. The van der Waals surface area contributed by atoms with E-state index in [4.69, 9.17) is 21.7 Å². The van der Waals surface area contributed by atoms with E-state index in [0.29, 0.717) is 36.1 Å². The van der Waals surface area contributed by atoms with E-state index in [1.807, 2.05) is 51.9 Å². The summed E-state index contributed by atoms with van der Waals surface area (Å²) in [6.45, 7) is 1.12. The number of carboxylic acids is 1. The van der Waals surface area contributed by atoms with Crippen LogP contribution < -0.4 is 15.8 Å². The number of carbonyl (C=O) groups excluding carboxylic acids is 1.